The van der Waals surface area contributed by atoms with Gasteiger partial charge in [-0.3, -0.25) is 0 Å². The standard InChI is InChI=1S/C26H35ClO8/c1-2-33-20-8-5-16(6-9-20)12-18-13-17(7-10-21(18)27)25-24(32)26(23(31)22(15-29)35-25)34-11-3-4-19(30)14-28/h5-10,13,19,22-26,28-32H,2-4,11-12,14-15H2,1H3/t19?,22?,23-,24+,25+,26+/m1/s1. The van der Waals surface area contributed by atoms with Gasteiger partial charge in [-0.05, 0) is 61.1 Å². The molecule has 0 spiro atoms. The molecule has 2 aromatic rings. The van der Waals surface area contributed by atoms with E-state index in [1.807, 2.05) is 37.3 Å². The zero-order chi connectivity index (χ0) is 25.4. The average Bonchev–Trinajstić information content (AvgIpc) is 2.86. The molecule has 0 bridgehead atoms. The minimum atomic E-state index is -1.23. The second-order valence-corrected chi connectivity index (χ2v) is 9.08. The molecule has 8 nitrogen and oxygen atoms in total. The van der Waals surface area contributed by atoms with Crippen LogP contribution in [0.15, 0.2) is 42.5 Å². The molecule has 2 aromatic carbocycles. The number of halogens is 1. The molecule has 0 saturated carbocycles. The summed E-state index contributed by atoms with van der Waals surface area (Å²) in [5.74, 6) is 0.792. The van der Waals surface area contributed by atoms with Crippen LogP contribution < -0.4 is 4.74 Å². The molecule has 1 saturated heterocycles. The summed E-state index contributed by atoms with van der Waals surface area (Å²) in [7, 11) is 0. The van der Waals surface area contributed by atoms with Gasteiger partial charge in [-0.1, -0.05) is 35.9 Å². The van der Waals surface area contributed by atoms with Gasteiger partial charge in [0.25, 0.3) is 0 Å². The van der Waals surface area contributed by atoms with E-state index in [9.17, 15) is 20.4 Å². The Hall–Kier alpha value is -1.75. The van der Waals surface area contributed by atoms with Crippen LogP contribution in [0, 0.1) is 0 Å². The van der Waals surface area contributed by atoms with Crippen molar-refractivity contribution in [3.8, 4) is 5.75 Å². The van der Waals surface area contributed by atoms with Crippen LogP contribution in [0.25, 0.3) is 0 Å². The first-order valence-corrected chi connectivity index (χ1v) is 12.3. The number of hydrogen-bond donors (Lipinski definition) is 5. The van der Waals surface area contributed by atoms with E-state index in [2.05, 4.69) is 0 Å². The molecule has 3 rings (SSSR count). The Bertz CT molecular complexity index is 909. The van der Waals surface area contributed by atoms with E-state index in [-0.39, 0.29) is 13.2 Å². The summed E-state index contributed by atoms with van der Waals surface area (Å²) in [5, 5.41) is 50.3. The van der Waals surface area contributed by atoms with E-state index in [0.29, 0.717) is 36.5 Å². The predicted molar refractivity (Wildman–Crippen MR) is 131 cm³/mol. The van der Waals surface area contributed by atoms with Gasteiger partial charge in [0.05, 0.1) is 25.9 Å². The summed E-state index contributed by atoms with van der Waals surface area (Å²) in [4.78, 5) is 0. The van der Waals surface area contributed by atoms with E-state index in [0.717, 1.165) is 16.9 Å². The molecular weight excluding hydrogens is 476 g/mol. The zero-order valence-corrected chi connectivity index (χ0v) is 20.6. The second-order valence-electron chi connectivity index (χ2n) is 8.68. The van der Waals surface area contributed by atoms with Crippen molar-refractivity contribution in [2.45, 2.75) is 62.8 Å². The molecule has 194 valence electrons. The molecule has 5 N–H and O–H groups in total. The van der Waals surface area contributed by atoms with Crippen LogP contribution in [0.5, 0.6) is 5.75 Å². The van der Waals surface area contributed by atoms with Gasteiger partial charge in [-0.25, -0.2) is 0 Å². The molecule has 35 heavy (non-hydrogen) atoms. The maximum Gasteiger partial charge on any atom is 0.119 e. The Morgan fingerprint density at radius 3 is 2.46 bits per heavy atom. The van der Waals surface area contributed by atoms with Crippen molar-refractivity contribution in [2.24, 2.45) is 0 Å². The lowest BCUT2D eigenvalue weighted by molar-refractivity contribution is -0.244. The Labute approximate surface area is 210 Å². The van der Waals surface area contributed by atoms with Gasteiger partial charge < -0.3 is 39.7 Å². The first kappa shape index (κ1) is 27.8. The highest BCUT2D eigenvalue weighted by molar-refractivity contribution is 6.31. The molecule has 9 heteroatoms. The number of hydrogen-bond acceptors (Lipinski definition) is 8. The van der Waals surface area contributed by atoms with Gasteiger partial charge >= 0.3 is 0 Å². The summed E-state index contributed by atoms with van der Waals surface area (Å²) >= 11 is 6.46. The quantitative estimate of drug-likeness (QED) is 0.274. The Balaban J connectivity index is 1.75. The van der Waals surface area contributed by atoms with E-state index >= 15 is 0 Å². The summed E-state index contributed by atoms with van der Waals surface area (Å²) in [6.45, 7) is 1.89. The summed E-state index contributed by atoms with van der Waals surface area (Å²) in [5.41, 5.74) is 2.52. The number of benzene rings is 2. The van der Waals surface area contributed by atoms with E-state index in [1.54, 1.807) is 12.1 Å². The smallest absolute Gasteiger partial charge is 0.119 e. The van der Waals surface area contributed by atoms with Gasteiger partial charge in [-0.15, -0.1) is 0 Å². The molecule has 1 aliphatic rings. The van der Waals surface area contributed by atoms with Crippen molar-refractivity contribution in [1.29, 1.82) is 0 Å². The third-order valence-electron chi connectivity index (χ3n) is 6.10. The van der Waals surface area contributed by atoms with Crippen molar-refractivity contribution in [2.75, 3.05) is 26.4 Å². The lowest BCUT2D eigenvalue weighted by atomic mass is 9.90. The highest BCUT2D eigenvalue weighted by Gasteiger charge is 2.45. The van der Waals surface area contributed by atoms with Crippen LogP contribution in [0.3, 0.4) is 0 Å². The minimum absolute atomic E-state index is 0.157. The molecule has 2 unspecified atom stereocenters. The molecular formula is C26H35ClO8. The van der Waals surface area contributed by atoms with Crippen LogP contribution in [0.2, 0.25) is 5.02 Å². The number of ether oxygens (including phenoxy) is 3. The summed E-state index contributed by atoms with van der Waals surface area (Å²) in [6, 6.07) is 13.1. The second kappa shape index (κ2) is 13.5. The monoisotopic (exact) mass is 510 g/mol. The van der Waals surface area contributed by atoms with Crippen LogP contribution in [-0.2, 0) is 15.9 Å². The van der Waals surface area contributed by atoms with Gasteiger partial charge in [-0.2, -0.15) is 0 Å². The maximum absolute atomic E-state index is 11.0. The van der Waals surface area contributed by atoms with Crippen LogP contribution in [0.4, 0.5) is 0 Å². The van der Waals surface area contributed by atoms with Crippen molar-refractivity contribution < 1.29 is 39.7 Å². The molecule has 6 atom stereocenters. The Morgan fingerprint density at radius 2 is 1.80 bits per heavy atom. The van der Waals surface area contributed by atoms with Crippen LogP contribution in [0.1, 0.15) is 42.6 Å². The average molecular weight is 511 g/mol. The molecule has 1 aliphatic heterocycles. The first-order chi connectivity index (χ1) is 16.9. The normalized spacial score (nSPS) is 25.4. The molecule has 0 aromatic heterocycles. The Morgan fingerprint density at radius 1 is 1.06 bits per heavy atom. The fourth-order valence-corrected chi connectivity index (χ4v) is 4.37. The Kier molecular flexibility index (Phi) is 10.8. The first-order valence-electron chi connectivity index (χ1n) is 11.9. The fraction of sp³-hybridized carbons (Fsp3) is 0.538. The molecule has 0 radical (unpaired) electrons. The highest BCUT2D eigenvalue weighted by atomic mass is 35.5. The van der Waals surface area contributed by atoms with E-state index in [1.165, 1.54) is 0 Å². The van der Waals surface area contributed by atoms with E-state index in [4.69, 9.17) is 30.9 Å². The molecule has 0 amide bonds. The van der Waals surface area contributed by atoms with Gasteiger partial charge in [0.2, 0.25) is 0 Å². The number of aliphatic hydroxyl groups is 5. The molecule has 0 aliphatic carbocycles. The van der Waals surface area contributed by atoms with Crippen molar-refractivity contribution in [3.63, 3.8) is 0 Å². The molecule has 1 fully saturated rings. The van der Waals surface area contributed by atoms with Crippen molar-refractivity contribution in [1.82, 2.24) is 0 Å². The third-order valence-corrected chi connectivity index (χ3v) is 6.46. The van der Waals surface area contributed by atoms with Crippen LogP contribution in [-0.4, -0.2) is 82.5 Å². The van der Waals surface area contributed by atoms with E-state index < -0.39 is 43.2 Å². The zero-order valence-electron chi connectivity index (χ0n) is 19.8. The lowest BCUT2D eigenvalue weighted by Crippen LogP contribution is -2.56. The fourth-order valence-electron chi connectivity index (χ4n) is 4.19. The lowest BCUT2D eigenvalue weighted by Gasteiger charge is -2.42. The SMILES string of the molecule is CCOc1ccc(Cc2cc([C@@H]3OC(CO)[C@@H](O)[C@H](OCCCC(O)CO)[C@H]3O)ccc2Cl)cc1. The highest BCUT2D eigenvalue weighted by Crippen LogP contribution is 2.35. The van der Waals surface area contributed by atoms with Crippen molar-refractivity contribution in [3.05, 3.63) is 64.2 Å². The molecule has 1 heterocycles. The number of rotatable bonds is 12. The van der Waals surface area contributed by atoms with Crippen LogP contribution >= 0.6 is 11.6 Å². The third kappa shape index (κ3) is 7.38. The maximum atomic E-state index is 11.0. The summed E-state index contributed by atoms with van der Waals surface area (Å²) < 4.78 is 17.1. The van der Waals surface area contributed by atoms with Gasteiger partial charge in [0.15, 0.2) is 0 Å². The van der Waals surface area contributed by atoms with Gasteiger partial charge in [0.1, 0.15) is 36.3 Å². The number of aliphatic hydroxyl groups excluding tert-OH is 5. The largest absolute Gasteiger partial charge is 0.494 e. The summed E-state index contributed by atoms with van der Waals surface area (Å²) in [6.07, 6.45) is -4.75. The topological polar surface area (TPSA) is 129 Å². The predicted octanol–water partition coefficient (Wildman–Crippen LogP) is 2.00. The van der Waals surface area contributed by atoms with Crippen molar-refractivity contribution >= 4 is 11.6 Å². The van der Waals surface area contributed by atoms with Gasteiger partial charge in [0, 0.05) is 11.6 Å². The minimum Gasteiger partial charge on any atom is -0.494 e.